The third kappa shape index (κ3) is 4.08. The molecule has 1 aromatic carbocycles. The van der Waals surface area contributed by atoms with Crippen molar-refractivity contribution < 1.29 is 17.9 Å². The topological polar surface area (TPSA) is 75.7 Å². The highest BCUT2D eigenvalue weighted by Crippen LogP contribution is 2.20. The summed E-state index contributed by atoms with van der Waals surface area (Å²) >= 11 is 0. The van der Waals surface area contributed by atoms with Crippen LogP contribution < -0.4 is 9.46 Å². The minimum atomic E-state index is -3.41. The van der Waals surface area contributed by atoms with Gasteiger partial charge < -0.3 is 9.64 Å². The number of hydrogen-bond donors (Lipinski definition) is 1. The largest absolute Gasteiger partial charge is 0.497 e. The number of amides is 1. The third-order valence-corrected chi connectivity index (χ3v) is 4.71. The maximum atomic E-state index is 12.4. The van der Waals surface area contributed by atoms with Crippen molar-refractivity contribution in [2.75, 3.05) is 26.7 Å². The number of sulfonamides is 1. The van der Waals surface area contributed by atoms with Gasteiger partial charge in [-0.1, -0.05) is 6.58 Å². The van der Waals surface area contributed by atoms with Gasteiger partial charge in [0.2, 0.25) is 10.0 Å². The second kappa shape index (κ2) is 6.93. The predicted molar refractivity (Wildman–Crippen MR) is 84.1 cm³/mol. The first-order valence-corrected chi connectivity index (χ1v) is 8.55. The molecule has 120 valence electrons. The molecule has 0 aromatic heterocycles. The first-order valence-electron chi connectivity index (χ1n) is 7.00. The van der Waals surface area contributed by atoms with E-state index in [1.54, 1.807) is 36.3 Å². The zero-order chi connectivity index (χ0) is 16.2. The molecule has 2 rings (SSSR count). The molecule has 1 aliphatic rings. The molecule has 0 spiro atoms. The number of ether oxygens (including phenoxy) is 1. The van der Waals surface area contributed by atoms with Gasteiger partial charge in [-0.3, -0.25) is 4.79 Å². The van der Waals surface area contributed by atoms with Crippen molar-refractivity contribution in [3.8, 4) is 5.75 Å². The molecular weight excluding hydrogens is 304 g/mol. The van der Waals surface area contributed by atoms with Gasteiger partial charge in [0.25, 0.3) is 5.91 Å². The van der Waals surface area contributed by atoms with Crippen LogP contribution in [0.3, 0.4) is 0 Å². The maximum absolute atomic E-state index is 12.4. The van der Waals surface area contributed by atoms with Gasteiger partial charge >= 0.3 is 0 Å². The molecule has 1 fully saturated rings. The average Bonchev–Trinajstić information content (AvgIpc) is 3.01. The Kier molecular flexibility index (Phi) is 5.20. The van der Waals surface area contributed by atoms with E-state index >= 15 is 0 Å². The van der Waals surface area contributed by atoms with E-state index in [1.807, 2.05) is 0 Å². The Hall–Kier alpha value is -1.86. The van der Waals surface area contributed by atoms with Gasteiger partial charge in [-0.2, -0.15) is 0 Å². The number of carbonyl (C=O) groups is 1. The summed E-state index contributed by atoms with van der Waals surface area (Å²) in [4.78, 5) is 14.1. The molecule has 1 saturated heterocycles. The maximum Gasteiger partial charge on any atom is 0.253 e. The number of rotatable bonds is 6. The summed E-state index contributed by atoms with van der Waals surface area (Å²) in [7, 11) is -1.83. The Bertz CT molecular complexity index is 640. The highest BCUT2D eigenvalue weighted by Gasteiger charge is 2.27. The Labute approximate surface area is 130 Å². The Morgan fingerprint density at radius 3 is 2.73 bits per heavy atom. The highest BCUT2D eigenvalue weighted by molar-refractivity contribution is 7.92. The molecule has 1 unspecified atom stereocenters. The minimum absolute atomic E-state index is 0.0447. The smallest absolute Gasteiger partial charge is 0.253 e. The third-order valence-electron chi connectivity index (χ3n) is 3.70. The fraction of sp³-hybridized carbons (Fsp3) is 0.400. The van der Waals surface area contributed by atoms with Crippen LogP contribution in [0.5, 0.6) is 5.75 Å². The Morgan fingerprint density at radius 2 is 2.14 bits per heavy atom. The molecule has 22 heavy (non-hydrogen) atoms. The second-order valence-electron chi connectivity index (χ2n) is 5.19. The van der Waals surface area contributed by atoms with Crippen molar-refractivity contribution in [1.29, 1.82) is 0 Å². The molecule has 1 N–H and O–H groups in total. The quantitative estimate of drug-likeness (QED) is 0.854. The van der Waals surface area contributed by atoms with Crippen LogP contribution in [-0.2, 0) is 10.0 Å². The Morgan fingerprint density at radius 1 is 1.45 bits per heavy atom. The van der Waals surface area contributed by atoms with E-state index in [9.17, 15) is 13.2 Å². The summed E-state index contributed by atoms with van der Waals surface area (Å²) in [5.74, 6) is 0.781. The minimum Gasteiger partial charge on any atom is -0.497 e. The first-order chi connectivity index (χ1) is 10.4. The van der Waals surface area contributed by atoms with E-state index in [1.165, 1.54) is 0 Å². The van der Waals surface area contributed by atoms with Gasteiger partial charge in [0.05, 0.1) is 7.11 Å². The number of nitrogens with one attached hydrogen (secondary N) is 1. The number of hydrogen-bond acceptors (Lipinski definition) is 4. The van der Waals surface area contributed by atoms with Crippen molar-refractivity contribution >= 4 is 15.9 Å². The van der Waals surface area contributed by atoms with Crippen LogP contribution >= 0.6 is 0 Å². The monoisotopic (exact) mass is 324 g/mol. The summed E-state index contributed by atoms with van der Waals surface area (Å²) in [6.45, 7) is 4.75. The van der Waals surface area contributed by atoms with Gasteiger partial charge in [0.1, 0.15) is 5.75 Å². The van der Waals surface area contributed by atoms with Crippen LogP contribution in [0.15, 0.2) is 36.3 Å². The number of nitrogens with zero attached hydrogens (tertiary/aromatic N) is 1. The zero-order valence-electron chi connectivity index (χ0n) is 12.5. The highest BCUT2D eigenvalue weighted by atomic mass is 32.2. The number of likely N-dealkylation sites (tertiary alicyclic amines) is 1. The van der Waals surface area contributed by atoms with Crippen LogP contribution in [0.4, 0.5) is 0 Å². The van der Waals surface area contributed by atoms with E-state index in [0.717, 1.165) is 11.8 Å². The molecular formula is C15H20N2O4S. The summed E-state index contributed by atoms with van der Waals surface area (Å²) < 4.78 is 30.2. The fourth-order valence-corrected chi connectivity index (χ4v) is 2.98. The molecule has 0 saturated carbocycles. The molecule has 0 aliphatic carbocycles. The van der Waals surface area contributed by atoms with Crippen molar-refractivity contribution in [2.24, 2.45) is 5.92 Å². The lowest BCUT2D eigenvalue weighted by Gasteiger charge is -2.17. The lowest BCUT2D eigenvalue weighted by Crippen LogP contribution is -2.32. The van der Waals surface area contributed by atoms with Gasteiger partial charge in [-0.25, -0.2) is 13.1 Å². The summed E-state index contributed by atoms with van der Waals surface area (Å²) in [5, 5.41) is 0.891. The second-order valence-corrected chi connectivity index (χ2v) is 6.91. The SMILES string of the molecule is C=CS(=O)(=O)NCC1CCN(C(=O)c2ccc(OC)cc2)C1. The van der Waals surface area contributed by atoms with E-state index in [0.29, 0.717) is 30.9 Å². The average molecular weight is 324 g/mol. The molecule has 6 nitrogen and oxygen atoms in total. The predicted octanol–water partition coefficient (Wildman–Crippen LogP) is 1.22. The van der Waals surface area contributed by atoms with Crippen LogP contribution in [0.1, 0.15) is 16.8 Å². The van der Waals surface area contributed by atoms with Gasteiger partial charge in [0.15, 0.2) is 0 Å². The summed E-state index contributed by atoms with van der Waals surface area (Å²) in [6, 6.07) is 6.96. The van der Waals surface area contributed by atoms with Gasteiger partial charge in [0, 0.05) is 30.6 Å². The fourth-order valence-electron chi connectivity index (χ4n) is 2.39. The lowest BCUT2D eigenvalue weighted by molar-refractivity contribution is 0.0787. The van der Waals surface area contributed by atoms with Crippen LogP contribution in [-0.4, -0.2) is 46.0 Å². The number of carbonyl (C=O) groups excluding carboxylic acids is 1. The van der Waals surface area contributed by atoms with Crippen molar-refractivity contribution in [3.63, 3.8) is 0 Å². The summed E-state index contributed by atoms with van der Waals surface area (Å²) in [5.41, 5.74) is 0.605. The van der Waals surface area contributed by atoms with E-state index in [-0.39, 0.29) is 11.8 Å². The molecule has 0 bridgehead atoms. The first kappa shape index (κ1) is 16.5. The molecule has 7 heteroatoms. The van der Waals surface area contributed by atoms with E-state index < -0.39 is 10.0 Å². The zero-order valence-corrected chi connectivity index (χ0v) is 13.3. The van der Waals surface area contributed by atoms with E-state index in [2.05, 4.69) is 11.3 Å². The Balaban J connectivity index is 1.91. The van der Waals surface area contributed by atoms with Crippen LogP contribution in [0.25, 0.3) is 0 Å². The van der Waals surface area contributed by atoms with Gasteiger partial charge in [-0.05, 0) is 36.6 Å². The summed E-state index contributed by atoms with van der Waals surface area (Å²) in [6.07, 6.45) is 0.779. The molecule has 1 heterocycles. The van der Waals surface area contributed by atoms with Crippen LogP contribution in [0.2, 0.25) is 0 Å². The van der Waals surface area contributed by atoms with Gasteiger partial charge in [-0.15, -0.1) is 0 Å². The molecule has 1 amide bonds. The van der Waals surface area contributed by atoms with Crippen LogP contribution in [0, 0.1) is 5.92 Å². The molecule has 1 aromatic rings. The van der Waals surface area contributed by atoms with E-state index in [4.69, 9.17) is 4.74 Å². The van der Waals surface area contributed by atoms with Crippen molar-refractivity contribution in [3.05, 3.63) is 41.8 Å². The number of methoxy groups -OCH3 is 1. The molecule has 1 aliphatic heterocycles. The molecule has 0 radical (unpaired) electrons. The normalized spacial score (nSPS) is 18.2. The van der Waals surface area contributed by atoms with Crippen molar-refractivity contribution in [2.45, 2.75) is 6.42 Å². The standard InChI is InChI=1S/C15H20N2O4S/c1-3-22(19,20)16-10-12-8-9-17(11-12)15(18)13-4-6-14(21-2)7-5-13/h3-7,12,16H,1,8-11H2,2H3. The molecule has 1 atom stereocenters. The van der Waals surface area contributed by atoms with Crippen molar-refractivity contribution in [1.82, 2.24) is 9.62 Å². The number of benzene rings is 1. The lowest BCUT2D eigenvalue weighted by atomic mass is 10.1.